The van der Waals surface area contributed by atoms with Crippen LogP contribution >= 0.6 is 0 Å². The molecule has 8 heteroatoms. The van der Waals surface area contributed by atoms with Gasteiger partial charge in [-0.15, -0.1) is 0 Å². The zero-order valence-electron chi connectivity index (χ0n) is 16.1. The Kier molecular flexibility index (Phi) is 4.95. The first kappa shape index (κ1) is 18.4. The molecule has 1 atom stereocenters. The zero-order valence-corrected chi connectivity index (χ0v) is 16.1. The lowest BCUT2D eigenvalue weighted by atomic mass is 10.1. The van der Waals surface area contributed by atoms with Gasteiger partial charge >= 0.3 is 0 Å². The van der Waals surface area contributed by atoms with E-state index in [0.29, 0.717) is 31.2 Å². The summed E-state index contributed by atoms with van der Waals surface area (Å²) in [7, 11) is 0. The van der Waals surface area contributed by atoms with Crippen molar-refractivity contribution < 1.29 is 18.5 Å². The van der Waals surface area contributed by atoms with Crippen LogP contribution in [0.5, 0.6) is 0 Å². The summed E-state index contributed by atoms with van der Waals surface area (Å²) < 4.78 is 16.5. The largest absolute Gasteiger partial charge is 0.448 e. The number of ether oxygens (including phenoxy) is 1. The SMILES string of the molecule is CCc1onc(C)c1-c1cccc([C@H]2CN(C(=O)c3ncoc3C)CCO2)n1. The average Bonchev–Trinajstić information content (AvgIpc) is 3.32. The van der Waals surface area contributed by atoms with Gasteiger partial charge in [0.25, 0.3) is 5.91 Å². The molecule has 28 heavy (non-hydrogen) atoms. The summed E-state index contributed by atoms with van der Waals surface area (Å²) in [6.45, 7) is 7.01. The van der Waals surface area contributed by atoms with Crippen LogP contribution in [0, 0.1) is 13.8 Å². The highest BCUT2D eigenvalue weighted by Crippen LogP contribution is 2.29. The van der Waals surface area contributed by atoms with Gasteiger partial charge in [0.05, 0.1) is 35.8 Å². The number of aryl methyl sites for hydroxylation is 3. The first-order valence-corrected chi connectivity index (χ1v) is 9.32. The summed E-state index contributed by atoms with van der Waals surface area (Å²) in [5.41, 5.74) is 3.65. The van der Waals surface area contributed by atoms with Gasteiger partial charge in [0.1, 0.15) is 17.6 Å². The number of carbonyl (C=O) groups is 1. The first-order valence-electron chi connectivity index (χ1n) is 9.32. The first-order chi connectivity index (χ1) is 13.6. The Morgan fingerprint density at radius 1 is 1.32 bits per heavy atom. The molecule has 0 bridgehead atoms. The average molecular weight is 382 g/mol. The fourth-order valence-electron chi connectivity index (χ4n) is 3.43. The molecule has 4 heterocycles. The maximum atomic E-state index is 12.7. The number of pyridine rings is 1. The van der Waals surface area contributed by atoms with E-state index in [2.05, 4.69) is 10.1 Å². The maximum Gasteiger partial charge on any atom is 0.276 e. The van der Waals surface area contributed by atoms with Crippen LogP contribution in [0.4, 0.5) is 0 Å². The summed E-state index contributed by atoms with van der Waals surface area (Å²) in [5.74, 6) is 1.17. The van der Waals surface area contributed by atoms with Crippen LogP contribution in [-0.2, 0) is 11.2 Å². The highest BCUT2D eigenvalue weighted by Gasteiger charge is 2.29. The standard InChI is InChI=1S/C20H22N4O4/c1-4-16-18(12(2)23-28-16)15-7-5-6-14(22-15)17-10-24(8-9-26-17)20(25)19-13(3)27-11-21-19/h5-7,11,17H,4,8-10H2,1-3H3/t17-/m1/s1. The minimum Gasteiger partial charge on any atom is -0.448 e. The predicted molar refractivity (Wildman–Crippen MR) is 99.7 cm³/mol. The topological polar surface area (TPSA) is 94.5 Å². The summed E-state index contributed by atoms with van der Waals surface area (Å²) in [4.78, 5) is 23.3. The second-order valence-electron chi connectivity index (χ2n) is 6.74. The third kappa shape index (κ3) is 3.31. The molecule has 3 aromatic heterocycles. The van der Waals surface area contributed by atoms with Gasteiger partial charge in [-0.3, -0.25) is 4.79 Å². The van der Waals surface area contributed by atoms with Gasteiger partial charge in [-0.2, -0.15) is 0 Å². The van der Waals surface area contributed by atoms with Crippen molar-refractivity contribution in [2.24, 2.45) is 0 Å². The predicted octanol–water partition coefficient (Wildman–Crippen LogP) is 3.12. The molecule has 0 saturated carbocycles. The van der Waals surface area contributed by atoms with Gasteiger partial charge < -0.3 is 18.6 Å². The fourth-order valence-corrected chi connectivity index (χ4v) is 3.43. The maximum absolute atomic E-state index is 12.7. The van der Waals surface area contributed by atoms with E-state index in [9.17, 15) is 4.79 Å². The van der Waals surface area contributed by atoms with Gasteiger partial charge in [-0.25, -0.2) is 9.97 Å². The van der Waals surface area contributed by atoms with Crippen LogP contribution in [0.25, 0.3) is 11.3 Å². The second-order valence-corrected chi connectivity index (χ2v) is 6.74. The Bertz CT molecular complexity index is 994. The molecule has 0 radical (unpaired) electrons. The van der Waals surface area contributed by atoms with E-state index >= 15 is 0 Å². The van der Waals surface area contributed by atoms with Crippen LogP contribution in [0.15, 0.2) is 33.5 Å². The van der Waals surface area contributed by atoms with Gasteiger partial charge in [0.2, 0.25) is 0 Å². The van der Waals surface area contributed by atoms with E-state index < -0.39 is 0 Å². The van der Waals surface area contributed by atoms with Gasteiger partial charge in [-0.05, 0) is 26.0 Å². The lowest BCUT2D eigenvalue weighted by Crippen LogP contribution is -2.42. The van der Waals surface area contributed by atoms with Crippen LogP contribution in [0.1, 0.15) is 46.4 Å². The molecule has 146 valence electrons. The number of nitrogens with zero attached hydrogens (tertiary/aromatic N) is 4. The molecule has 1 aliphatic rings. The molecule has 0 aliphatic carbocycles. The monoisotopic (exact) mass is 382 g/mol. The Balaban J connectivity index is 1.58. The van der Waals surface area contributed by atoms with Gasteiger partial charge in [-0.1, -0.05) is 18.1 Å². The lowest BCUT2D eigenvalue weighted by Gasteiger charge is -2.32. The van der Waals surface area contributed by atoms with Crippen LogP contribution in [0.2, 0.25) is 0 Å². The number of rotatable bonds is 4. The molecule has 1 aliphatic heterocycles. The molecule has 0 aromatic carbocycles. The van der Waals surface area contributed by atoms with Crippen LogP contribution < -0.4 is 0 Å². The molecule has 0 spiro atoms. The number of aromatic nitrogens is 3. The van der Waals surface area contributed by atoms with Crippen molar-refractivity contribution in [3.63, 3.8) is 0 Å². The van der Waals surface area contributed by atoms with E-state index in [-0.39, 0.29) is 12.0 Å². The molecule has 0 unspecified atom stereocenters. The Morgan fingerprint density at radius 3 is 2.93 bits per heavy atom. The molecular formula is C20H22N4O4. The third-order valence-corrected chi connectivity index (χ3v) is 4.91. The number of amides is 1. The zero-order chi connectivity index (χ0) is 19.7. The van der Waals surface area contributed by atoms with E-state index in [1.807, 2.05) is 32.0 Å². The van der Waals surface area contributed by atoms with Crippen molar-refractivity contribution in [1.29, 1.82) is 0 Å². The molecule has 8 nitrogen and oxygen atoms in total. The lowest BCUT2D eigenvalue weighted by molar-refractivity contribution is -0.0249. The Labute approximate surface area is 162 Å². The third-order valence-electron chi connectivity index (χ3n) is 4.91. The molecule has 3 aromatic rings. The number of oxazole rings is 1. The summed E-state index contributed by atoms with van der Waals surface area (Å²) in [6, 6.07) is 5.79. The normalized spacial score (nSPS) is 17.1. The fraction of sp³-hybridized carbons (Fsp3) is 0.400. The summed E-state index contributed by atoms with van der Waals surface area (Å²) in [5, 5.41) is 4.06. The van der Waals surface area contributed by atoms with Crippen molar-refractivity contribution in [2.75, 3.05) is 19.7 Å². The highest BCUT2D eigenvalue weighted by atomic mass is 16.5. The molecular weight excluding hydrogens is 360 g/mol. The minimum absolute atomic E-state index is 0.154. The van der Waals surface area contributed by atoms with Crippen LogP contribution in [-0.4, -0.2) is 45.6 Å². The van der Waals surface area contributed by atoms with Crippen molar-refractivity contribution in [3.8, 4) is 11.3 Å². The second kappa shape index (κ2) is 7.55. The number of morpholine rings is 1. The smallest absolute Gasteiger partial charge is 0.276 e. The minimum atomic E-state index is -0.310. The van der Waals surface area contributed by atoms with Crippen molar-refractivity contribution in [1.82, 2.24) is 20.0 Å². The number of hydrogen-bond donors (Lipinski definition) is 0. The molecule has 4 rings (SSSR count). The Hall–Kier alpha value is -3.00. The number of carbonyl (C=O) groups excluding carboxylic acids is 1. The van der Waals surface area contributed by atoms with Crippen LogP contribution in [0.3, 0.4) is 0 Å². The van der Waals surface area contributed by atoms with E-state index in [1.54, 1.807) is 11.8 Å². The molecule has 1 saturated heterocycles. The summed E-state index contributed by atoms with van der Waals surface area (Å²) in [6.07, 6.45) is 1.72. The quantitative estimate of drug-likeness (QED) is 0.684. The highest BCUT2D eigenvalue weighted by molar-refractivity contribution is 5.93. The van der Waals surface area contributed by atoms with E-state index in [4.69, 9.17) is 18.7 Å². The van der Waals surface area contributed by atoms with Crippen molar-refractivity contribution in [3.05, 3.63) is 53.2 Å². The summed E-state index contributed by atoms with van der Waals surface area (Å²) >= 11 is 0. The molecule has 1 fully saturated rings. The van der Waals surface area contributed by atoms with Gasteiger partial charge in [0, 0.05) is 13.0 Å². The van der Waals surface area contributed by atoms with Gasteiger partial charge in [0.15, 0.2) is 12.1 Å². The number of hydrogen-bond acceptors (Lipinski definition) is 7. The van der Waals surface area contributed by atoms with E-state index in [1.165, 1.54) is 6.39 Å². The molecule has 0 N–H and O–H groups in total. The van der Waals surface area contributed by atoms with E-state index in [0.717, 1.165) is 34.8 Å². The van der Waals surface area contributed by atoms with Crippen molar-refractivity contribution >= 4 is 5.91 Å². The Morgan fingerprint density at radius 2 is 2.18 bits per heavy atom. The van der Waals surface area contributed by atoms with Crippen molar-refractivity contribution in [2.45, 2.75) is 33.3 Å². The molecule has 1 amide bonds.